The Bertz CT molecular complexity index is 481. The highest BCUT2D eigenvalue weighted by atomic mass is 19.3. The highest BCUT2D eigenvalue weighted by Crippen LogP contribution is 2.47. The molecule has 0 unspecified atom stereocenters. The first-order valence-corrected chi connectivity index (χ1v) is 4.01. The van der Waals surface area contributed by atoms with Gasteiger partial charge in [-0.15, -0.1) is 8.78 Å². The smallest absolute Gasteiger partial charge is 0.409 e. The number of hydrogen-bond donors (Lipinski definition) is 0. The van der Waals surface area contributed by atoms with E-state index >= 15 is 0 Å². The second kappa shape index (κ2) is 3.09. The second-order valence-corrected chi connectivity index (χ2v) is 2.98. The van der Waals surface area contributed by atoms with Crippen LogP contribution in [-0.4, -0.2) is 6.29 Å². The Morgan fingerprint density at radius 3 is 2.50 bits per heavy atom. The molecule has 3 nitrogen and oxygen atoms in total. The lowest BCUT2D eigenvalue weighted by molar-refractivity contribution is -0.461. The van der Waals surface area contributed by atoms with Crippen molar-refractivity contribution < 1.29 is 27.0 Å². The van der Waals surface area contributed by atoms with E-state index in [9.17, 15) is 17.6 Å². The predicted octanol–water partition coefficient (Wildman–Crippen LogP) is 3.25. The molecule has 0 bridgehead atoms. The summed E-state index contributed by atoms with van der Waals surface area (Å²) in [7, 11) is 0. The van der Waals surface area contributed by atoms with E-state index in [1.807, 2.05) is 0 Å². The highest BCUT2D eigenvalue weighted by Gasteiger charge is 2.54. The third-order valence-corrected chi connectivity index (χ3v) is 1.88. The van der Waals surface area contributed by atoms with Crippen molar-refractivity contribution in [3.05, 3.63) is 35.2 Å². The van der Waals surface area contributed by atoms with Crippen LogP contribution >= 0.6 is 0 Å². The zero-order valence-electron chi connectivity index (χ0n) is 7.51. The first-order chi connectivity index (χ1) is 7.34. The lowest BCUT2D eigenvalue weighted by Gasteiger charge is -2.30. The van der Waals surface area contributed by atoms with Gasteiger partial charge in [0.1, 0.15) is 5.75 Å². The van der Waals surface area contributed by atoms with Crippen LogP contribution in [0.3, 0.4) is 0 Å². The normalized spacial score (nSPS) is 20.4. The molecular formula is C9H3F4NO2. The first kappa shape index (κ1) is 10.7. The predicted molar refractivity (Wildman–Crippen MR) is 43.3 cm³/mol. The molecule has 1 aromatic rings. The summed E-state index contributed by atoms with van der Waals surface area (Å²) in [6, 6.07) is 2.73. The number of fused-ring (bicyclic) bond motifs is 1. The second-order valence-electron chi connectivity index (χ2n) is 2.98. The monoisotopic (exact) mass is 233 g/mol. The molecule has 0 fully saturated rings. The number of alkyl halides is 4. The van der Waals surface area contributed by atoms with Crippen LogP contribution in [0.15, 0.2) is 18.2 Å². The van der Waals surface area contributed by atoms with Crippen LogP contribution in [0.25, 0.3) is 4.85 Å². The van der Waals surface area contributed by atoms with Crippen LogP contribution < -0.4 is 4.74 Å². The Hall–Kier alpha value is -1.81. The molecule has 0 spiro atoms. The minimum atomic E-state index is -4.38. The maximum absolute atomic E-state index is 13.1. The standard InChI is InChI=1S/C9H3F4NO2/c1-14-5-2-3-7-6(4-5)8(10,11)16-9(12,13)15-7/h2-4H. The number of rotatable bonds is 0. The molecule has 16 heavy (non-hydrogen) atoms. The van der Waals surface area contributed by atoms with Crippen molar-refractivity contribution in [1.82, 2.24) is 0 Å². The van der Waals surface area contributed by atoms with Gasteiger partial charge in [-0.1, -0.05) is 6.07 Å². The number of hydrogen-bond acceptors (Lipinski definition) is 2. The SMILES string of the molecule is [C-]#[N+]c1ccc2c(c1)C(F)(F)OC(F)(F)O2. The molecule has 1 aliphatic heterocycles. The fraction of sp³-hybridized carbons (Fsp3) is 0.222. The minimum Gasteiger partial charge on any atom is -0.409 e. The number of benzene rings is 1. The molecule has 0 N–H and O–H groups in total. The van der Waals surface area contributed by atoms with Gasteiger partial charge in [0.15, 0.2) is 5.69 Å². The fourth-order valence-electron chi connectivity index (χ4n) is 1.26. The summed E-state index contributed by atoms with van der Waals surface area (Å²) < 4.78 is 58.5. The van der Waals surface area contributed by atoms with E-state index < -0.39 is 23.7 Å². The molecular weight excluding hydrogens is 230 g/mol. The van der Waals surface area contributed by atoms with Crippen LogP contribution in [0.1, 0.15) is 5.56 Å². The van der Waals surface area contributed by atoms with E-state index in [2.05, 4.69) is 14.3 Å². The molecule has 0 atom stereocenters. The lowest BCUT2D eigenvalue weighted by atomic mass is 10.1. The Labute approximate surface area is 87.0 Å². The lowest BCUT2D eigenvalue weighted by Crippen LogP contribution is -2.40. The van der Waals surface area contributed by atoms with Crippen LogP contribution in [0.4, 0.5) is 23.2 Å². The maximum Gasteiger partial charge on any atom is 0.540 e. The van der Waals surface area contributed by atoms with Gasteiger partial charge in [0.05, 0.1) is 12.1 Å². The van der Waals surface area contributed by atoms with Crippen LogP contribution in [0.2, 0.25) is 0 Å². The molecule has 0 saturated carbocycles. The summed E-state index contributed by atoms with van der Waals surface area (Å²) in [5.41, 5.74) is -0.997. The molecule has 1 aliphatic rings. The summed E-state index contributed by atoms with van der Waals surface area (Å²) in [6.07, 6.45) is -8.56. The van der Waals surface area contributed by atoms with Crippen molar-refractivity contribution >= 4 is 5.69 Å². The van der Waals surface area contributed by atoms with Gasteiger partial charge in [-0.05, 0) is 12.1 Å². The number of ether oxygens (including phenoxy) is 2. The van der Waals surface area contributed by atoms with Gasteiger partial charge in [-0.3, -0.25) is 0 Å². The third kappa shape index (κ3) is 1.67. The van der Waals surface area contributed by atoms with Crippen LogP contribution in [0.5, 0.6) is 5.75 Å². The molecule has 0 aromatic heterocycles. The van der Waals surface area contributed by atoms with Crippen molar-refractivity contribution in [2.75, 3.05) is 0 Å². The van der Waals surface area contributed by atoms with Gasteiger partial charge in [0.2, 0.25) is 0 Å². The van der Waals surface area contributed by atoms with Gasteiger partial charge < -0.3 is 4.74 Å². The highest BCUT2D eigenvalue weighted by molar-refractivity contribution is 5.53. The minimum absolute atomic E-state index is 0.115. The molecule has 0 amide bonds. The van der Waals surface area contributed by atoms with E-state index in [0.29, 0.717) is 0 Å². The first-order valence-electron chi connectivity index (χ1n) is 4.01. The summed E-state index contributed by atoms with van der Waals surface area (Å²) in [6.45, 7) is 6.62. The van der Waals surface area contributed by atoms with Crippen LogP contribution in [0, 0.1) is 6.57 Å². The van der Waals surface area contributed by atoms with Gasteiger partial charge >= 0.3 is 12.4 Å². The average molecular weight is 233 g/mol. The Balaban J connectivity index is 2.57. The van der Waals surface area contributed by atoms with Crippen molar-refractivity contribution in [3.8, 4) is 5.75 Å². The van der Waals surface area contributed by atoms with Gasteiger partial charge in [-0.25, -0.2) is 9.58 Å². The molecule has 0 saturated heterocycles. The summed E-state index contributed by atoms with van der Waals surface area (Å²) in [4.78, 5) is 2.90. The van der Waals surface area contributed by atoms with E-state index in [0.717, 1.165) is 18.2 Å². The largest absolute Gasteiger partial charge is 0.540 e. The molecule has 0 aliphatic carbocycles. The third-order valence-electron chi connectivity index (χ3n) is 1.88. The van der Waals surface area contributed by atoms with E-state index in [4.69, 9.17) is 6.57 Å². The molecule has 1 heterocycles. The number of nitrogens with zero attached hydrogens (tertiary/aromatic N) is 1. The van der Waals surface area contributed by atoms with Gasteiger partial charge in [0, 0.05) is 0 Å². The van der Waals surface area contributed by atoms with Crippen molar-refractivity contribution in [2.24, 2.45) is 0 Å². The van der Waals surface area contributed by atoms with Crippen molar-refractivity contribution in [3.63, 3.8) is 0 Å². The Morgan fingerprint density at radius 2 is 1.88 bits per heavy atom. The van der Waals surface area contributed by atoms with Crippen molar-refractivity contribution in [2.45, 2.75) is 12.4 Å². The fourth-order valence-corrected chi connectivity index (χ4v) is 1.26. The van der Waals surface area contributed by atoms with E-state index in [1.165, 1.54) is 0 Å². The van der Waals surface area contributed by atoms with E-state index in [1.54, 1.807) is 0 Å². The molecule has 2 rings (SSSR count). The van der Waals surface area contributed by atoms with Crippen molar-refractivity contribution in [1.29, 1.82) is 0 Å². The molecule has 7 heteroatoms. The number of halogens is 4. The summed E-state index contributed by atoms with van der Waals surface area (Å²) in [5.74, 6) is -0.700. The molecule has 1 aromatic carbocycles. The molecule has 84 valence electrons. The van der Waals surface area contributed by atoms with E-state index in [-0.39, 0.29) is 5.69 Å². The Kier molecular flexibility index (Phi) is 2.07. The summed E-state index contributed by atoms with van der Waals surface area (Å²) in [5, 5.41) is 0. The van der Waals surface area contributed by atoms with Crippen LogP contribution in [-0.2, 0) is 10.8 Å². The zero-order chi connectivity index (χ0) is 12.0. The summed E-state index contributed by atoms with van der Waals surface area (Å²) >= 11 is 0. The zero-order valence-corrected chi connectivity index (χ0v) is 7.51. The maximum atomic E-state index is 13.1. The van der Waals surface area contributed by atoms with Gasteiger partial charge in [-0.2, -0.15) is 8.78 Å². The quantitative estimate of drug-likeness (QED) is 0.507. The Morgan fingerprint density at radius 1 is 1.19 bits per heavy atom. The van der Waals surface area contributed by atoms with Gasteiger partial charge in [0.25, 0.3) is 0 Å². The topological polar surface area (TPSA) is 22.8 Å². The molecule has 0 radical (unpaired) electrons. The average Bonchev–Trinajstić information content (AvgIpc) is 2.14.